The van der Waals surface area contributed by atoms with E-state index < -0.39 is 30.4 Å². The van der Waals surface area contributed by atoms with Crippen LogP contribution >= 0.6 is 0 Å². The Hall–Kier alpha value is -2.77. The van der Waals surface area contributed by atoms with Crippen LogP contribution in [0.3, 0.4) is 0 Å². The molecule has 1 aliphatic heterocycles. The standard InChI is InChI=1S/C18H16FNO5/c19-16-15(24-18(22)13-9-5-2-6-10-13)14(25-20-16)11-23-17(21)12-7-3-1-4-8-12/h1-10,14-16,20H,11H2/t14-,15+,16+/m0/s1. The van der Waals surface area contributed by atoms with Gasteiger partial charge in [0.1, 0.15) is 6.61 Å². The Morgan fingerprint density at radius 2 is 1.52 bits per heavy atom. The maximum atomic E-state index is 13.9. The SMILES string of the molecule is O=C(OC[C@@H]1ON[C@@H](F)[C@@H]1OC(=O)c1ccccc1)c1ccccc1. The summed E-state index contributed by atoms with van der Waals surface area (Å²) in [6.07, 6.45) is -3.89. The topological polar surface area (TPSA) is 73.9 Å². The zero-order valence-corrected chi connectivity index (χ0v) is 13.1. The lowest BCUT2D eigenvalue weighted by Crippen LogP contribution is -2.37. The number of halogens is 1. The molecule has 0 radical (unpaired) electrons. The van der Waals surface area contributed by atoms with Crippen molar-refractivity contribution in [1.29, 1.82) is 0 Å². The van der Waals surface area contributed by atoms with Crippen LogP contribution in [0.4, 0.5) is 4.39 Å². The highest BCUT2D eigenvalue weighted by atomic mass is 19.1. The molecule has 0 unspecified atom stereocenters. The first-order chi connectivity index (χ1) is 12.1. The molecule has 3 rings (SSSR count). The van der Waals surface area contributed by atoms with Crippen molar-refractivity contribution in [3.8, 4) is 0 Å². The smallest absolute Gasteiger partial charge is 0.338 e. The molecule has 1 aliphatic rings. The van der Waals surface area contributed by atoms with E-state index in [-0.39, 0.29) is 6.61 Å². The average Bonchev–Trinajstić information content (AvgIpc) is 3.01. The van der Waals surface area contributed by atoms with E-state index in [1.165, 1.54) is 0 Å². The Balaban J connectivity index is 1.59. The number of ether oxygens (including phenoxy) is 2. The van der Waals surface area contributed by atoms with Gasteiger partial charge in [-0.25, -0.2) is 14.0 Å². The fourth-order valence-corrected chi connectivity index (χ4v) is 2.32. The van der Waals surface area contributed by atoms with E-state index in [9.17, 15) is 14.0 Å². The van der Waals surface area contributed by atoms with Crippen molar-refractivity contribution >= 4 is 11.9 Å². The van der Waals surface area contributed by atoms with E-state index in [1.54, 1.807) is 60.7 Å². The van der Waals surface area contributed by atoms with E-state index in [0.29, 0.717) is 11.1 Å². The number of hydrogen-bond donors (Lipinski definition) is 1. The second-order valence-corrected chi connectivity index (χ2v) is 5.38. The third kappa shape index (κ3) is 4.20. The molecule has 7 heteroatoms. The van der Waals surface area contributed by atoms with E-state index >= 15 is 0 Å². The number of hydrogen-bond acceptors (Lipinski definition) is 6. The van der Waals surface area contributed by atoms with Crippen molar-refractivity contribution in [3.05, 3.63) is 71.8 Å². The van der Waals surface area contributed by atoms with E-state index in [0.717, 1.165) is 0 Å². The maximum Gasteiger partial charge on any atom is 0.338 e. The summed E-state index contributed by atoms with van der Waals surface area (Å²) in [5.41, 5.74) is 2.76. The molecular formula is C18H16FNO5. The van der Waals surface area contributed by atoms with Crippen LogP contribution in [0, 0.1) is 0 Å². The summed E-state index contributed by atoms with van der Waals surface area (Å²) in [5.74, 6) is -1.25. The predicted molar refractivity (Wildman–Crippen MR) is 85.3 cm³/mol. The molecule has 0 saturated carbocycles. The van der Waals surface area contributed by atoms with Gasteiger partial charge in [0.15, 0.2) is 12.2 Å². The van der Waals surface area contributed by atoms with Crippen LogP contribution in [-0.4, -0.2) is 37.0 Å². The second kappa shape index (κ2) is 7.87. The minimum absolute atomic E-state index is 0.256. The van der Waals surface area contributed by atoms with Crippen LogP contribution < -0.4 is 5.48 Å². The Kier molecular flexibility index (Phi) is 5.37. The molecule has 0 amide bonds. The molecule has 6 nitrogen and oxygen atoms in total. The van der Waals surface area contributed by atoms with E-state index in [2.05, 4.69) is 5.48 Å². The fraction of sp³-hybridized carbons (Fsp3) is 0.222. The molecule has 1 heterocycles. The van der Waals surface area contributed by atoms with Gasteiger partial charge in [0.25, 0.3) is 0 Å². The summed E-state index contributed by atoms with van der Waals surface area (Å²) in [7, 11) is 0. The van der Waals surface area contributed by atoms with Crippen LogP contribution in [0.15, 0.2) is 60.7 Å². The summed E-state index contributed by atoms with van der Waals surface area (Å²) in [5, 5.41) is 0. The van der Waals surface area contributed by atoms with Gasteiger partial charge in [-0.3, -0.25) is 4.84 Å². The van der Waals surface area contributed by atoms with Crippen LogP contribution in [0.2, 0.25) is 0 Å². The summed E-state index contributed by atoms with van der Waals surface area (Å²) >= 11 is 0. The van der Waals surface area contributed by atoms with Gasteiger partial charge in [-0.15, -0.1) is 0 Å². The summed E-state index contributed by atoms with van der Waals surface area (Å²) < 4.78 is 24.2. The Morgan fingerprint density at radius 1 is 0.960 bits per heavy atom. The quantitative estimate of drug-likeness (QED) is 0.662. The lowest BCUT2D eigenvalue weighted by atomic mass is 10.2. The highest BCUT2D eigenvalue weighted by molar-refractivity contribution is 5.90. The monoisotopic (exact) mass is 345 g/mol. The van der Waals surface area contributed by atoms with E-state index in [4.69, 9.17) is 14.3 Å². The minimum Gasteiger partial charge on any atom is -0.459 e. The minimum atomic E-state index is -1.71. The van der Waals surface area contributed by atoms with Crippen molar-refractivity contribution < 1.29 is 28.3 Å². The number of nitrogens with one attached hydrogen (secondary N) is 1. The molecule has 0 spiro atoms. The van der Waals surface area contributed by atoms with Gasteiger partial charge in [-0.2, -0.15) is 5.48 Å². The summed E-state index contributed by atoms with van der Waals surface area (Å²) in [6.45, 7) is -0.256. The fourth-order valence-electron chi connectivity index (χ4n) is 2.32. The molecule has 0 aliphatic carbocycles. The van der Waals surface area contributed by atoms with Crippen LogP contribution in [0.25, 0.3) is 0 Å². The van der Waals surface area contributed by atoms with Crippen molar-refractivity contribution in [2.75, 3.05) is 6.61 Å². The molecule has 0 aromatic heterocycles. The number of carbonyl (C=O) groups excluding carboxylic acids is 2. The first-order valence-corrected chi connectivity index (χ1v) is 7.68. The summed E-state index contributed by atoms with van der Waals surface area (Å²) in [6, 6.07) is 16.6. The first-order valence-electron chi connectivity index (χ1n) is 7.68. The Bertz CT molecular complexity index is 725. The molecular weight excluding hydrogens is 329 g/mol. The van der Waals surface area contributed by atoms with Crippen LogP contribution in [-0.2, 0) is 14.3 Å². The normalized spacial score (nSPS) is 22.4. The van der Waals surface area contributed by atoms with Crippen molar-refractivity contribution in [2.45, 2.75) is 18.5 Å². The van der Waals surface area contributed by atoms with Crippen molar-refractivity contribution in [3.63, 3.8) is 0 Å². The number of esters is 2. The van der Waals surface area contributed by atoms with Crippen molar-refractivity contribution in [1.82, 2.24) is 5.48 Å². The third-order valence-electron chi connectivity index (χ3n) is 3.63. The number of rotatable bonds is 5. The third-order valence-corrected chi connectivity index (χ3v) is 3.63. The molecule has 130 valence electrons. The lowest BCUT2D eigenvalue weighted by Gasteiger charge is -2.18. The largest absolute Gasteiger partial charge is 0.459 e. The van der Waals surface area contributed by atoms with Gasteiger partial charge >= 0.3 is 11.9 Å². The van der Waals surface area contributed by atoms with Gasteiger partial charge in [0.05, 0.1) is 11.1 Å². The Morgan fingerprint density at radius 3 is 2.12 bits per heavy atom. The number of hydroxylamine groups is 1. The lowest BCUT2D eigenvalue weighted by molar-refractivity contribution is -0.0475. The zero-order valence-electron chi connectivity index (χ0n) is 13.1. The maximum absolute atomic E-state index is 13.9. The molecule has 1 fully saturated rings. The van der Waals surface area contributed by atoms with Crippen LogP contribution in [0.5, 0.6) is 0 Å². The van der Waals surface area contributed by atoms with Gasteiger partial charge in [-0.1, -0.05) is 36.4 Å². The first kappa shape index (κ1) is 17.1. The van der Waals surface area contributed by atoms with Gasteiger partial charge in [-0.05, 0) is 24.3 Å². The molecule has 3 atom stereocenters. The average molecular weight is 345 g/mol. The van der Waals surface area contributed by atoms with Crippen LogP contribution in [0.1, 0.15) is 20.7 Å². The predicted octanol–water partition coefficient (Wildman–Crippen LogP) is 2.27. The van der Waals surface area contributed by atoms with Gasteiger partial charge in [0.2, 0.25) is 6.30 Å². The molecule has 25 heavy (non-hydrogen) atoms. The Labute approximate surface area is 143 Å². The van der Waals surface area contributed by atoms with E-state index in [1.807, 2.05) is 0 Å². The van der Waals surface area contributed by atoms with Crippen molar-refractivity contribution in [2.24, 2.45) is 0 Å². The highest BCUT2D eigenvalue weighted by Gasteiger charge is 2.42. The van der Waals surface area contributed by atoms with Gasteiger partial charge in [0, 0.05) is 0 Å². The number of benzene rings is 2. The number of carbonyl (C=O) groups is 2. The molecule has 0 bridgehead atoms. The second-order valence-electron chi connectivity index (χ2n) is 5.38. The highest BCUT2D eigenvalue weighted by Crippen LogP contribution is 2.19. The molecule has 2 aromatic carbocycles. The van der Waals surface area contributed by atoms with Gasteiger partial charge < -0.3 is 9.47 Å². The number of alkyl halides is 1. The summed E-state index contributed by atoms with van der Waals surface area (Å²) in [4.78, 5) is 29.0. The molecule has 1 saturated heterocycles. The molecule has 1 N–H and O–H groups in total. The zero-order chi connectivity index (χ0) is 17.6. The molecule has 2 aromatic rings.